The van der Waals surface area contributed by atoms with Crippen molar-refractivity contribution in [2.24, 2.45) is 0 Å². The maximum absolute atomic E-state index is 12.7. The summed E-state index contributed by atoms with van der Waals surface area (Å²) >= 11 is 0. The Bertz CT molecular complexity index is 314. The molecule has 1 N–H and O–H groups in total. The zero-order valence-corrected chi connectivity index (χ0v) is 6.27. The number of aromatic nitrogens is 1. The third-order valence-corrected chi connectivity index (χ3v) is 1.10. The molecule has 1 aromatic rings. The monoisotopic (exact) mass is 172 g/mol. The van der Waals surface area contributed by atoms with Crippen LogP contribution in [0, 0.1) is 11.6 Å². The minimum Gasteiger partial charge on any atom is -0.308 e. The van der Waals surface area contributed by atoms with Gasteiger partial charge in [-0.1, -0.05) is 0 Å². The van der Waals surface area contributed by atoms with Crippen LogP contribution in [0.4, 0.5) is 14.6 Å². The van der Waals surface area contributed by atoms with Crippen molar-refractivity contribution in [3.8, 4) is 0 Å². The molecule has 12 heavy (non-hydrogen) atoms. The Kier molecular flexibility index (Phi) is 2.32. The molecule has 1 heterocycles. The topological polar surface area (TPSA) is 42.0 Å². The van der Waals surface area contributed by atoms with Crippen LogP contribution in [0.3, 0.4) is 0 Å². The van der Waals surface area contributed by atoms with Crippen molar-refractivity contribution >= 4 is 11.7 Å². The molecule has 0 saturated heterocycles. The van der Waals surface area contributed by atoms with Crippen LogP contribution in [0.1, 0.15) is 6.92 Å². The SMILES string of the molecule is CC(=O)Nc1ncc(F)cc1F. The second kappa shape index (κ2) is 3.25. The van der Waals surface area contributed by atoms with E-state index in [0.29, 0.717) is 6.07 Å². The summed E-state index contributed by atoms with van der Waals surface area (Å²) in [6, 6.07) is 0.651. The first-order chi connectivity index (χ1) is 5.59. The molecule has 0 atom stereocenters. The van der Waals surface area contributed by atoms with Crippen LogP contribution >= 0.6 is 0 Å². The maximum Gasteiger partial charge on any atom is 0.222 e. The molecule has 0 aromatic carbocycles. The number of pyridine rings is 1. The molecule has 0 spiro atoms. The summed E-state index contributed by atoms with van der Waals surface area (Å²) in [7, 11) is 0. The van der Waals surface area contributed by atoms with E-state index in [2.05, 4.69) is 10.3 Å². The largest absolute Gasteiger partial charge is 0.308 e. The number of carbonyl (C=O) groups is 1. The Labute approximate surface area is 67.4 Å². The van der Waals surface area contributed by atoms with Crippen LogP contribution in [-0.4, -0.2) is 10.9 Å². The molecule has 0 aliphatic rings. The molecule has 0 fully saturated rings. The molecule has 0 radical (unpaired) electrons. The van der Waals surface area contributed by atoms with Crippen molar-refractivity contribution in [3.63, 3.8) is 0 Å². The molecular formula is C7H6F2N2O. The van der Waals surface area contributed by atoms with Gasteiger partial charge in [-0.25, -0.2) is 13.8 Å². The number of rotatable bonds is 1. The highest BCUT2D eigenvalue weighted by Gasteiger charge is 2.05. The number of halogens is 2. The van der Waals surface area contributed by atoms with Crippen molar-refractivity contribution in [3.05, 3.63) is 23.9 Å². The molecular weight excluding hydrogens is 166 g/mol. The second-order valence-electron chi connectivity index (χ2n) is 2.17. The molecule has 0 bridgehead atoms. The van der Waals surface area contributed by atoms with E-state index in [1.54, 1.807) is 0 Å². The predicted octanol–water partition coefficient (Wildman–Crippen LogP) is 1.32. The van der Waals surface area contributed by atoms with Crippen LogP contribution in [0.2, 0.25) is 0 Å². The highest BCUT2D eigenvalue weighted by Crippen LogP contribution is 2.10. The van der Waals surface area contributed by atoms with Gasteiger partial charge in [0.25, 0.3) is 0 Å². The molecule has 1 amide bonds. The lowest BCUT2D eigenvalue weighted by molar-refractivity contribution is -0.114. The lowest BCUT2D eigenvalue weighted by atomic mass is 10.4. The Morgan fingerprint density at radius 2 is 2.25 bits per heavy atom. The van der Waals surface area contributed by atoms with Gasteiger partial charge in [0.15, 0.2) is 11.6 Å². The second-order valence-corrected chi connectivity index (χ2v) is 2.17. The summed E-state index contributed by atoms with van der Waals surface area (Å²) < 4.78 is 25.0. The average Bonchev–Trinajstić information content (AvgIpc) is 1.94. The normalized spacial score (nSPS) is 9.58. The van der Waals surface area contributed by atoms with E-state index < -0.39 is 17.5 Å². The zero-order valence-electron chi connectivity index (χ0n) is 6.27. The van der Waals surface area contributed by atoms with Crippen LogP contribution < -0.4 is 5.32 Å². The van der Waals surface area contributed by atoms with Crippen molar-refractivity contribution in [1.82, 2.24) is 4.98 Å². The van der Waals surface area contributed by atoms with E-state index in [9.17, 15) is 13.6 Å². The molecule has 0 aliphatic heterocycles. The van der Waals surface area contributed by atoms with Crippen molar-refractivity contribution in [2.45, 2.75) is 6.92 Å². The average molecular weight is 172 g/mol. The number of carbonyl (C=O) groups excluding carboxylic acids is 1. The lowest BCUT2D eigenvalue weighted by Crippen LogP contribution is -2.09. The van der Waals surface area contributed by atoms with Gasteiger partial charge in [-0.15, -0.1) is 0 Å². The van der Waals surface area contributed by atoms with Crippen molar-refractivity contribution in [1.29, 1.82) is 0 Å². The number of hydrogen-bond acceptors (Lipinski definition) is 2. The predicted molar refractivity (Wildman–Crippen MR) is 38.5 cm³/mol. The molecule has 0 aliphatic carbocycles. The highest BCUT2D eigenvalue weighted by atomic mass is 19.1. The quantitative estimate of drug-likeness (QED) is 0.694. The van der Waals surface area contributed by atoms with Crippen LogP contribution in [0.25, 0.3) is 0 Å². The Balaban J connectivity index is 2.93. The fourth-order valence-corrected chi connectivity index (χ4v) is 0.673. The van der Waals surface area contributed by atoms with Gasteiger partial charge >= 0.3 is 0 Å². The molecule has 1 rings (SSSR count). The number of anilines is 1. The fourth-order valence-electron chi connectivity index (χ4n) is 0.673. The molecule has 64 valence electrons. The molecule has 3 nitrogen and oxygen atoms in total. The van der Waals surface area contributed by atoms with Crippen molar-refractivity contribution < 1.29 is 13.6 Å². The Morgan fingerprint density at radius 3 is 2.75 bits per heavy atom. The van der Waals surface area contributed by atoms with E-state index in [-0.39, 0.29) is 5.82 Å². The van der Waals surface area contributed by atoms with Crippen molar-refractivity contribution in [2.75, 3.05) is 5.32 Å². The smallest absolute Gasteiger partial charge is 0.222 e. The van der Waals surface area contributed by atoms with Crippen LogP contribution in [0.5, 0.6) is 0 Å². The summed E-state index contributed by atoms with van der Waals surface area (Å²) in [5.41, 5.74) is 0. The zero-order chi connectivity index (χ0) is 9.14. The lowest BCUT2D eigenvalue weighted by Gasteiger charge is -2.00. The van der Waals surface area contributed by atoms with Gasteiger partial charge in [0.1, 0.15) is 5.82 Å². The van der Waals surface area contributed by atoms with Gasteiger partial charge in [-0.05, 0) is 0 Å². The summed E-state index contributed by atoms with van der Waals surface area (Å²) in [4.78, 5) is 13.8. The van der Waals surface area contributed by atoms with Crippen LogP contribution in [-0.2, 0) is 4.79 Å². The first-order valence-electron chi connectivity index (χ1n) is 3.18. The standard InChI is InChI=1S/C7H6F2N2O/c1-4(12)11-7-6(9)2-5(8)3-10-7/h2-3H,1H3,(H,10,11,12). The van der Waals surface area contributed by atoms with Gasteiger partial charge in [0, 0.05) is 13.0 Å². The van der Waals surface area contributed by atoms with Crippen LogP contribution in [0.15, 0.2) is 12.3 Å². The van der Waals surface area contributed by atoms with Gasteiger partial charge < -0.3 is 5.32 Å². The fraction of sp³-hybridized carbons (Fsp3) is 0.143. The molecule has 0 unspecified atom stereocenters. The molecule has 1 aromatic heterocycles. The first-order valence-corrected chi connectivity index (χ1v) is 3.18. The van der Waals surface area contributed by atoms with Gasteiger partial charge in [0.05, 0.1) is 6.20 Å². The molecule has 0 saturated carbocycles. The summed E-state index contributed by atoms with van der Waals surface area (Å²) in [6.45, 7) is 1.21. The minimum atomic E-state index is -0.884. The van der Waals surface area contributed by atoms with Gasteiger partial charge in [-0.3, -0.25) is 4.79 Å². The van der Waals surface area contributed by atoms with E-state index in [1.807, 2.05) is 0 Å². The number of nitrogens with one attached hydrogen (secondary N) is 1. The highest BCUT2D eigenvalue weighted by molar-refractivity contribution is 5.87. The van der Waals surface area contributed by atoms with Gasteiger partial charge in [0.2, 0.25) is 5.91 Å². The summed E-state index contributed by atoms with van der Waals surface area (Å²) in [5.74, 6) is -2.37. The number of nitrogens with zero attached hydrogens (tertiary/aromatic N) is 1. The van der Waals surface area contributed by atoms with Gasteiger partial charge in [-0.2, -0.15) is 0 Å². The van der Waals surface area contributed by atoms with E-state index in [0.717, 1.165) is 6.20 Å². The summed E-state index contributed by atoms with van der Waals surface area (Å²) in [6.07, 6.45) is 0.828. The minimum absolute atomic E-state index is 0.260. The third kappa shape index (κ3) is 1.98. The third-order valence-electron chi connectivity index (χ3n) is 1.10. The number of hydrogen-bond donors (Lipinski definition) is 1. The maximum atomic E-state index is 12.7. The summed E-state index contributed by atoms with van der Waals surface area (Å²) in [5, 5.41) is 2.11. The first kappa shape index (κ1) is 8.58. The Hall–Kier alpha value is -1.52. The molecule has 5 heteroatoms. The number of amides is 1. The van der Waals surface area contributed by atoms with E-state index >= 15 is 0 Å². The van der Waals surface area contributed by atoms with E-state index in [4.69, 9.17) is 0 Å². The Morgan fingerprint density at radius 1 is 1.58 bits per heavy atom. The van der Waals surface area contributed by atoms with E-state index in [1.165, 1.54) is 6.92 Å².